The zero-order valence-electron chi connectivity index (χ0n) is 10.5. The molecule has 98 valence electrons. The molecule has 1 N–H and O–H groups in total. The van der Waals surface area contributed by atoms with E-state index in [-0.39, 0.29) is 0 Å². The van der Waals surface area contributed by atoms with Crippen molar-refractivity contribution in [2.45, 2.75) is 4.71 Å². The molecule has 0 radical (unpaired) electrons. The second-order valence-corrected chi connectivity index (χ2v) is 6.97. The minimum atomic E-state index is -0.865. The summed E-state index contributed by atoms with van der Waals surface area (Å²) >= 11 is -0.865. The molecule has 2 atom stereocenters. The molecule has 3 nitrogen and oxygen atoms in total. The molecule has 2 aromatic rings. The summed E-state index contributed by atoms with van der Waals surface area (Å²) < 4.78 is 5.90. The number of carbonyl (C=O) groups is 1. The Morgan fingerprint density at radius 3 is 2.37 bits per heavy atom. The Bertz CT molecular complexity index is 554. The fraction of sp³-hybridized carbons (Fsp3) is 0.133. The molecular formula is C15H15AsO3. The molecular weight excluding hydrogens is 303 g/mol. The molecule has 0 aliphatic heterocycles. The molecule has 0 saturated carbocycles. The van der Waals surface area contributed by atoms with Gasteiger partial charge < -0.3 is 0 Å². The Morgan fingerprint density at radius 1 is 1.11 bits per heavy atom. The molecule has 0 fully saturated rings. The number of carboxylic acid groups (broad SMARTS) is 1. The number of para-hydroxylation sites is 1. The fourth-order valence-electron chi connectivity index (χ4n) is 1.85. The van der Waals surface area contributed by atoms with E-state index in [0.29, 0.717) is 0 Å². The van der Waals surface area contributed by atoms with Crippen molar-refractivity contribution in [2.75, 3.05) is 7.11 Å². The Kier molecular flexibility index (Phi) is 4.64. The van der Waals surface area contributed by atoms with Crippen molar-refractivity contribution in [3.63, 3.8) is 0 Å². The predicted octanol–water partition coefficient (Wildman–Crippen LogP) is 1.58. The SMILES string of the molecule is COc1ccccc1[AsH]C(C(=O)O)c1ccccc1. The van der Waals surface area contributed by atoms with Crippen LogP contribution in [-0.2, 0) is 4.79 Å². The van der Waals surface area contributed by atoms with Gasteiger partial charge in [-0.05, 0) is 0 Å². The van der Waals surface area contributed by atoms with E-state index in [1.54, 1.807) is 7.11 Å². The van der Waals surface area contributed by atoms with Gasteiger partial charge in [0.25, 0.3) is 0 Å². The molecule has 0 spiro atoms. The van der Waals surface area contributed by atoms with Crippen LogP contribution in [0.5, 0.6) is 5.75 Å². The van der Waals surface area contributed by atoms with Gasteiger partial charge in [-0.2, -0.15) is 0 Å². The number of rotatable bonds is 5. The van der Waals surface area contributed by atoms with Gasteiger partial charge in [0.15, 0.2) is 0 Å². The summed E-state index contributed by atoms with van der Waals surface area (Å²) in [4.78, 5) is 11.5. The molecule has 4 heteroatoms. The summed E-state index contributed by atoms with van der Waals surface area (Å²) in [5, 5.41) is 9.44. The van der Waals surface area contributed by atoms with Crippen LogP contribution in [0.4, 0.5) is 0 Å². The van der Waals surface area contributed by atoms with Crippen molar-refractivity contribution in [3.8, 4) is 5.75 Å². The summed E-state index contributed by atoms with van der Waals surface area (Å²) in [6, 6.07) is 17.0. The van der Waals surface area contributed by atoms with Crippen LogP contribution in [0.3, 0.4) is 0 Å². The van der Waals surface area contributed by atoms with Crippen LogP contribution in [0.1, 0.15) is 10.3 Å². The number of ether oxygens (including phenoxy) is 1. The second-order valence-electron chi connectivity index (χ2n) is 4.03. The van der Waals surface area contributed by atoms with Gasteiger partial charge in [0, 0.05) is 0 Å². The van der Waals surface area contributed by atoms with Crippen LogP contribution in [0.2, 0.25) is 0 Å². The molecule has 0 saturated heterocycles. The van der Waals surface area contributed by atoms with E-state index in [4.69, 9.17) is 4.74 Å². The summed E-state index contributed by atoms with van der Waals surface area (Å²) in [5.74, 6) is 0.0155. The molecule has 0 aliphatic carbocycles. The van der Waals surface area contributed by atoms with E-state index < -0.39 is 26.4 Å². The van der Waals surface area contributed by atoms with E-state index in [0.717, 1.165) is 15.7 Å². The molecule has 0 aromatic heterocycles. The zero-order valence-corrected chi connectivity index (χ0v) is 12.6. The van der Waals surface area contributed by atoms with Crippen LogP contribution >= 0.6 is 0 Å². The number of methoxy groups -OCH3 is 1. The van der Waals surface area contributed by atoms with E-state index in [1.807, 2.05) is 54.6 Å². The fourth-order valence-corrected chi connectivity index (χ4v) is 4.61. The zero-order chi connectivity index (χ0) is 13.7. The van der Waals surface area contributed by atoms with Gasteiger partial charge >= 0.3 is 118 Å². The monoisotopic (exact) mass is 318 g/mol. The molecule has 19 heavy (non-hydrogen) atoms. The maximum absolute atomic E-state index is 11.5. The first-order valence-electron chi connectivity index (χ1n) is 5.89. The van der Waals surface area contributed by atoms with Crippen molar-refractivity contribution in [2.24, 2.45) is 0 Å². The van der Waals surface area contributed by atoms with E-state index in [9.17, 15) is 9.90 Å². The minimum absolute atomic E-state index is 0.433. The van der Waals surface area contributed by atoms with Crippen molar-refractivity contribution in [1.82, 2.24) is 0 Å². The topological polar surface area (TPSA) is 46.5 Å². The van der Waals surface area contributed by atoms with E-state index in [1.165, 1.54) is 0 Å². The third kappa shape index (κ3) is 3.39. The van der Waals surface area contributed by atoms with E-state index in [2.05, 4.69) is 0 Å². The molecule has 0 bridgehead atoms. The van der Waals surface area contributed by atoms with Crippen LogP contribution in [0.25, 0.3) is 0 Å². The first-order valence-corrected chi connectivity index (χ1v) is 8.15. The van der Waals surface area contributed by atoms with E-state index >= 15 is 0 Å². The summed E-state index contributed by atoms with van der Waals surface area (Å²) in [6.07, 6.45) is 0. The van der Waals surface area contributed by atoms with Gasteiger partial charge in [-0.15, -0.1) is 0 Å². The quantitative estimate of drug-likeness (QED) is 0.852. The van der Waals surface area contributed by atoms with Crippen molar-refractivity contribution >= 4 is 26.1 Å². The van der Waals surface area contributed by atoms with Crippen LogP contribution in [-0.4, -0.2) is 33.9 Å². The maximum atomic E-state index is 11.5. The predicted molar refractivity (Wildman–Crippen MR) is 76.6 cm³/mol. The molecule has 2 unspecified atom stereocenters. The molecule has 2 rings (SSSR count). The molecule has 0 heterocycles. The summed E-state index contributed by atoms with van der Waals surface area (Å²) in [6.45, 7) is 0. The van der Waals surface area contributed by atoms with Crippen molar-refractivity contribution in [3.05, 3.63) is 60.2 Å². The number of benzene rings is 2. The second kappa shape index (κ2) is 6.44. The van der Waals surface area contributed by atoms with Gasteiger partial charge in [-0.25, -0.2) is 0 Å². The molecule has 0 amide bonds. The Hall–Kier alpha value is -1.73. The Labute approximate surface area is 118 Å². The molecule has 0 aliphatic rings. The van der Waals surface area contributed by atoms with Crippen molar-refractivity contribution < 1.29 is 14.6 Å². The first kappa shape index (κ1) is 13.7. The van der Waals surface area contributed by atoms with Gasteiger partial charge in [0.05, 0.1) is 0 Å². The number of aliphatic carboxylic acids is 1. The number of carboxylic acids is 1. The average molecular weight is 318 g/mol. The summed E-state index contributed by atoms with van der Waals surface area (Å²) in [7, 11) is 1.61. The van der Waals surface area contributed by atoms with Crippen LogP contribution < -0.4 is 9.09 Å². The third-order valence-electron chi connectivity index (χ3n) is 2.79. The Balaban J connectivity index is 2.30. The normalized spacial score (nSPS) is 12.5. The average Bonchev–Trinajstić information content (AvgIpc) is 2.45. The standard InChI is InChI=1S/C15H15AsO3/c1-19-13-10-6-5-9-12(13)16-14(15(17)18)11-7-3-2-4-8-11/h2-10,14,16H,1H3,(H,17,18). The van der Waals surface area contributed by atoms with Gasteiger partial charge in [-0.3, -0.25) is 0 Å². The third-order valence-corrected chi connectivity index (χ3v) is 6.13. The van der Waals surface area contributed by atoms with Crippen LogP contribution in [0.15, 0.2) is 54.6 Å². The van der Waals surface area contributed by atoms with Crippen LogP contribution in [0, 0.1) is 0 Å². The van der Waals surface area contributed by atoms with Gasteiger partial charge in [0.2, 0.25) is 0 Å². The number of hydrogen-bond acceptors (Lipinski definition) is 2. The van der Waals surface area contributed by atoms with Crippen molar-refractivity contribution in [1.29, 1.82) is 0 Å². The van der Waals surface area contributed by atoms with Gasteiger partial charge in [0.1, 0.15) is 0 Å². The summed E-state index contributed by atoms with van der Waals surface area (Å²) in [5.41, 5.74) is 0.862. The Morgan fingerprint density at radius 2 is 1.74 bits per heavy atom. The number of hydrogen-bond donors (Lipinski definition) is 1. The molecule has 2 aromatic carbocycles. The first-order chi connectivity index (χ1) is 9.22. The van der Waals surface area contributed by atoms with Gasteiger partial charge in [-0.1, -0.05) is 0 Å².